The standard InChI is InChI=1S/C15H21BN2O2S/c1-2-3-4-5-6-7-14(19)17-11-8-9-13-12(10-11)18-15(20-13)21-16/h8-10H,2-7,16H2,1H3,(H,17,19). The number of carbonyl (C=O) groups excluding carboxylic acids is 1. The van der Waals surface area contributed by atoms with Gasteiger partial charge >= 0.3 is 0 Å². The highest BCUT2D eigenvalue weighted by Crippen LogP contribution is 2.24. The third kappa shape index (κ3) is 4.81. The van der Waals surface area contributed by atoms with Crippen LogP contribution in [0.4, 0.5) is 5.69 Å². The molecule has 0 aliphatic heterocycles. The number of rotatable bonds is 8. The molecule has 0 atom stereocenters. The first-order valence-corrected chi connectivity index (χ1v) is 8.70. The summed E-state index contributed by atoms with van der Waals surface area (Å²) in [6.07, 6.45) is 6.35. The van der Waals surface area contributed by atoms with Gasteiger partial charge in [0.05, 0.1) is 0 Å². The van der Waals surface area contributed by atoms with Gasteiger partial charge in [0.1, 0.15) is 5.52 Å². The van der Waals surface area contributed by atoms with E-state index in [1.165, 1.54) is 30.9 Å². The average Bonchev–Trinajstić information content (AvgIpc) is 2.89. The van der Waals surface area contributed by atoms with Crippen molar-refractivity contribution in [2.75, 3.05) is 5.32 Å². The Labute approximate surface area is 130 Å². The molecule has 1 aromatic carbocycles. The predicted molar refractivity (Wildman–Crippen MR) is 90.4 cm³/mol. The molecule has 0 unspecified atom stereocenters. The van der Waals surface area contributed by atoms with E-state index in [4.69, 9.17) is 4.42 Å². The molecular weight excluding hydrogens is 283 g/mol. The monoisotopic (exact) mass is 304 g/mol. The van der Waals surface area contributed by atoms with Crippen molar-refractivity contribution in [2.45, 2.75) is 50.7 Å². The molecule has 2 rings (SSSR count). The first kappa shape index (κ1) is 16.0. The Bertz CT molecular complexity index is 600. The molecule has 1 N–H and O–H groups in total. The van der Waals surface area contributed by atoms with Crippen molar-refractivity contribution in [3.8, 4) is 0 Å². The fourth-order valence-corrected chi connectivity index (χ4v) is 2.55. The first-order chi connectivity index (χ1) is 10.2. The van der Waals surface area contributed by atoms with E-state index in [9.17, 15) is 4.79 Å². The SMILES string of the molecule is BSc1nc2cc(NC(=O)CCCCCCC)ccc2o1. The molecule has 0 saturated heterocycles. The van der Waals surface area contributed by atoms with Crippen LogP contribution in [-0.2, 0) is 4.79 Å². The van der Waals surface area contributed by atoms with Crippen molar-refractivity contribution >= 4 is 41.4 Å². The second-order valence-electron chi connectivity index (χ2n) is 5.08. The molecule has 0 spiro atoms. The van der Waals surface area contributed by atoms with Crippen LogP contribution in [0.1, 0.15) is 45.4 Å². The van der Waals surface area contributed by atoms with Crippen LogP contribution in [0.25, 0.3) is 11.1 Å². The fourth-order valence-electron chi connectivity index (χ4n) is 2.18. The summed E-state index contributed by atoms with van der Waals surface area (Å²) in [6.45, 7) is 2.19. The molecule has 0 saturated carbocycles. The number of amides is 1. The number of hydrogen-bond donors (Lipinski definition) is 1. The number of carbonyl (C=O) groups is 1. The summed E-state index contributed by atoms with van der Waals surface area (Å²) in [5.74, 6) is 0.0689. The maximum Gasteiger partial charge on any atom is 0.245 e. The van der Waals surface area contributed by atoms with Crippen molar-refractivity contribution in [1.29, 1.82) is 0 Å². The summed E-state index contributed by atoms with van der Waals surface area (Å²) in [4.78, 5) is 16.2. The van der Waals surface area contributed by atoms with Gasteiger partial charge in [-0.05, 0) is 24.6 Å². The Hall–Kier alpha value is -1.43. The van der Waals surface area contributed by atoms with Gasteiger partial charge in [-0.1, -0.05) is 32.6 Å². The van der Waals surface area contributed by atoms with E-state index in [0.717, 1.165) is 29.6 Å². The number of hydrogen-bond acceptors (Lipinski definition) is 4. The van der Waals surface area contributed by atoms with Gasteiger partial charge in [0.25, 0.3) is 0 Å². The molecule has 2 aromatic rings. The zero-order valence-electron chi connectivity index (χ0n) is 12.6. The maximum atomic E-state index is 11.9. The minimum atomic E-state index is 0.0689. The molecule has 0 fully saturated rings. The van der Waals surface area contributed by atoms with Crippen LogP contribution in [0.3, 0.4) is 0 Å². The second-order valence-corrected chi connectivity index (χ2v) is 5.84. The minimum Gasteiger partial charge on any atom is -0.432 e. The topological polar surface area (TPSA) is 55.1 Å². The molecule has 1 heterocycles. The largest absolute Gasteiger partial charge is 0.432 e. The van der Waals surface area contributed by atoms with E-state index < -0.39 is 0 Å². The van der Waals surface area contributed by atoms with E-state index in [-0.39, 0.29) is 5.91 Å². The van der Waals surface area contributed by atoms with Gasteiger partial charge in [-0.2, -0.15) is 0 Å². The Morgan fingerprint density at radius 2 is 2.14 bits per heavy atom. The highest BCUT2D eigenvalue weighted by atomic mass is 32.2. The highest BCUT2D eigenvalue weighted by Gasteiger charge is 2.07. The molecule has 0 bridgehead atoms. The van der Waals surface area contributed by atoms with Gasteiger partial charge in [-0.15, -0.1) is 11.6 Å². The number of aromatic nitrogens is 1. The lowest BCUT2D eigenvalue weighted by Crippen LogP contribution is -2.10. The summed E-state index contributed by atoms with van der Waals surface area (Å²) in [6, 6.07) is 5.55. The maximum absolute atomic E-state index is 11.9. The zero-order chi connectivity index (χ0) is 15.1. The molecule has 1 aromatic heterocycles. The van der Waals surface area contributed by atoms with Crippen molar-refractivity contribution in [2.24, 2.45) is 0 Å². The second kappa shape index (κ2) is 8.12. The number of fused-ring (bicyclic) bond motifs is 1. The van der Waals surface area contributed by atoms with E-state index in [2.05, 4.69) is 17.2 Å². The van der Waals surface area contributed by atoms with Crippen molar-refractivity contribution in [1.82, 2.24) is 4.98 Å². The molecule has 21 heavy (non-hydrogen) atoms. The van der Waals surface area contributed by atoms with Gasteiger partial charge in [0.2, 0.25) is 11.1 Å². The van der Waals surface area contributed by atoms with Gasteiger partial charge in [0.15, 0.2) is 12.7 Å². The average molecular weight is 304 g/mol. The molecule has 0 aliphatic carbocycles. The van der Waals surface area contributed by atoms with E-state index >= 15 is 0 Å². The molecule has 0 radical (unpaired) electrons. The van der Waals surface area contributed by atoms with Crippen LogP contribution < -0.4 is 5.32 Å². The number of benzene rings is 1. The Morgan fingerprint density at radius 3 is 2.90 bits per heavy atom. The van der Waals surface area contributed by atoms with Crippen LogP contribution in [0, 0.1) is 0 Å². The Kier molecular flexibility index (Phi) is 6.17. The third-order valence-corrected chi connectivity index (χ3v) is 3.86. The van der Waals surface area contributed by atoms with Gasteiger partial charge < -0.3 is 9.73 Å². The van der Waals surface area contributed by atoms with Crippen molar-refractivity contribution in [3.63, 3.8) is 0 Å². The van der Waals surface area contributed by atoms with E-state index in [1.807, 2.05) is 25.3 Å². The summed E-state index contributed by atoms with van der Waals surface area (Å²) in [7, 11) is 1.92. The smallest absolute Gasteiger partial charge is 0.245 e. The Morgan fingerprint density at radius 1 is 1.33 bits per heavy atom. The van der Waals surface area contributed by atoms with Crippen LogP contribution in [0.2, 0.25) is 0 Å². The molecule has 0 aliphatic rings. The van der Waals surface area contributed by atoms with Gasteiger partial charge in [-0.25, -0.2) is 4.98 Å². The lowest BCUT2D eigenvalue weighted by Gasteiger charge is -2.04. The predicted octanol–water partition coefficient (Wildman–Crippen LogP) is 3.77. The first-order valence-electron chi connectivity index (χ1n) is 7.47. The molecule has 4 nitrogen and oxygen atoms in total. The minimum absolute atomic E-state index is 0.0689. The summed E-state index contributed by atoms with van der Waals surface area (Å²) < 4.78 is 5.52. The van der Waals surface area contributed by atoms with Crippen molar-refractivity contribution in [3.05, 3.63) is 18.2 Å². The summed E-state index contributed by atoms with van der Waals surface area (Å²) in [5.41, 5.74) is 2.30. The van der Waals surface area contributed by atoms with Gasteiger partial charge in [0, 0.05) is 12.1 Å². The lowest BCUT2D eigenvalue weighted by molar-refractivity contribution is -0.116. The van der Waals surface area contributed by atoms with Crippen LogP contribution in [-0.4, -0.2) is 18.0 Å². The summed E-state index contributed by atoms with van der Waals surface area (Å²) in [5, 5.41) is 3.57. The molecular formula is C15H21BN2O2S. The number of nitrogens with zero attached hydrogens (tertiary/aromatic N) is 1. The third-order valence-electron chi connectivity index (χ3n) is 3.33. The van der Waals surface area contributed by atoms with Gasteiger partial charge in [-0.3, -0.25) is 4.79 Å². The normalized spacial score (nSPS) is 10.9. The number of anilines is 1. The van der Waals surface area contributed by atoms with Crippen LogP contribution in [0.5, 0.6) is 0 Å². The number of nitrogens with one attached hydrogen (secondary N) is 1. The Balaban J connectivity index is 1.85. The number of unbranched alkanes of at least 4 members (excludes halogenated alkanes) is 4. The lowest BCUT2D eigenvalue weighted by atomic mass is 10.1. The highest BCUT2D eigenvalue weighted by molar-refractivity contribution is 8.19. The van der Waals surface area contributed by atoms with Crippen molar-refractivity contribution < 1.29 is 9.21 Å². The molecule has 6 heteroatoms. The number of oxazole rings is 1. The fraction of sp³-hybridized carbons (Fsp3) is 0.467. The van der Waals surface area contributed by atoms with Crippen LogP contribution in [0.15, 0.2) is 27.8 Å². The summed E-state index contributed by atoms with van der Waals surface area (Å²) >= 11 is 1.47. The quantitative estimate of drug-likeness (QED) is 0.596. The van der Waals surface area contributed by atoms with E-state index in [0.29, 0.717) is 11.6 Å². The molecule has 1 amide bonds. The zero-order valence-corrected chi connectivity index (χ0v) is 13.5. The van der Waals surface area contributed by atoms with Crippen LogP contribution >= 0.6 is 11.6 Å². The molecule has 112 valence electrons. The van der Waals surface area contributed by atoms with E-state index in [1.54, 1.807) is 0 Å².